The first-order chi connectivity index (χ1) is 22.1. The van der Waals surface area contributed by atoms with E-state index in [9.17, 15) is 18.0 Å². The molecule has 2 amide bonds. The van der Waals surface area contributed by atoms with Crippen LogP contribution in [0, 0.1) is 0 Å². The molecule has 1 aromatic heterocycles. The van der Waals surface area contributed by atoms with Crippen LogP contribution in [-0.2, 0) is 19.6 Å². The Labute approximate surface area is 283 Å². The number of rotatable bonds is 18. The lowest BCUT2D eigenvalue weighted by atomic mass is 10.1. The van der Waals surface area contributed by atoms with Gasteiger partial charge in [-0.1, -0.05) is 30.6 Å². The summed E-state index contributed by atoms with van der Waals surface area (Å²) in [6, 6.07) is 12.3. The summed E-state index contributed by atoms with van der Waals surface area (Å²) in [5.74, 6) is 0.0507. The van der Waals surface area contributed by atoms with Gasteiger partial charge >= 0.3 is 16.2 Å². The lowest BCUT2D eigenvalue weighted by Gasteiger charge is -2.30. The molecule has 0 aliphatic rings. The van der Waals surface area contributed by atoms with E-state index in [-0.39, 0.29) is 16.6 Å². The number of carbonyl (C=O) groups excluding carboxylic acids is 2. The third-order valence-electron chi connectivity index (χ3n) is 7.23. The number of anilines is 2. The van der Waals surface area contributed by atoms with Gasteiger partial charge in [-0.25, -0.2) is 9.78 Å². The molecule has 0 spiro atoms. The largest absolute Gasteiger partial charge is 0.444 e. The maximum Gasteiger partial charge on any atom is 0.407 e. The van der Waals surface area contributed by atoms with Gasteiger partial charge in [-0.2, -0.15) is 8.42 Å². The van der Waals surface area contributed by atoms with Crippen LogP contribution in [0.1, 0.15) is 87.0 Å². The molecule has 47 heavy (non-hydrogen) atoms. The fourth-order valence-corrected chi connectivity index (χ4v) is 6.83. The van der Waals surface area contributed by atoms with Gasteiger partial charge in [0, 0.05) is 49.9 Å². The minimum absolute atomic E-state index is 0.0591. The second-order valence-corrected chi connectivity index (χ2v) is 15.6. The maximum atomic E-state index is 13.0. The van der Waals surface area contributed by atoms with E-state index in [4.69, 9.17) is 8.92 Å². The molecule has 13 heteroatoms. The average Bonchev–Trinajstić information content (AvgIpc) is 3.36. The van der Waals surface area contributed by atoms with Gasteiger partial charge in [-0.3, -0.25) is 9.69 Å². The van der Waals surface area contributed by atoms with Crippen LogP contribution in [0.25, 0.3) is 10.2 Å². The molecule has 0 saturated heterocycles. The Hall–Kier alpha value is -3.42. The summed E-state index contributed by atoms with van der Waals surface area (Å²) in [6.45, 7) is 16.4. The van der Waals surface area contributed by atoms with E-state index >= 15 is 0 Å². The van der Waals surface area contributed by atoms with Gasteiger partial charge in [0.2, 0.25) is 5.91 Å². The topological polar surface area (TPSA) is 139 Å². The Kier molecular flexibility index (Phi) is 14.3. The highest BCUT2D eigenvalue weighted by Gasteiger charge is 2.19. The van der Waals surface area contributed by atoms with Crippen LogP contribution in [0.4, 0.5) is 15.6 Å². The molecule has 1 heterocycles. The molecule has 2 aromatic carbocycles. The third-order valence-corrected chi connectivity index (χ3v) is 9.42. The number of nitrogens with zero attached hydrogens (tertiary/aromatic N) is 2. The molecule has 3 N–H and O–H groups in total. The number of amides is 2. The van der Waals surface area contributed by atoms with Crippen LogP contribution in [0.5, 0.6) is 5.75 Å². The third kappa shape index (κ3) is 13.3. The molecule has 0 radical (unpaired) electrons. The number of unbranched alkanes of at least 4 members (excludes halogenated alkanes) is 4. The predicted octanol–water partition coefficient (Wildman–Crippen LogP) is 7.40. The number of nitrogens with one attached hydrogen (secondary N) is 3. The smallest absolute Gasteiger partial charge is 0.407 e. The van der Waals surface area contributed by atoms with Crippen molar-refractivity contribution in [1.82, 2.24) is 15.2 Å². The van der Waals surface area contributed by atoms with Gasteiger partial charge in [0.15, 0.2) is 5.13 Å². The molecule has 0 atom stereocenters. The minimum atomic E-state index is -4.04. The van der Waals surface area contributed by atoms with Crippen LogP contribution in [-0.4, -0.2) is 67.6 Å². The van der Waals surface area contributed by atoms with Crippen molar-refractivity contribution in [3.63, 3.8) is 0 Å². The lowest BCUT2D eigenvalue weighted by Crippen LogP contribution is -2.40. The van der Waals surface area contributed by atoms with Crippen molar-refractivity contribution < 1.29 is 26.9 Å². The predicted molar refractivity (Wildman–Crippen MR) is 190 cm³/mol. The maximum absolute atomic E-state index is 13.0. The summed E-state index contributed by atoms with van der Waals surface area (Å²) in [5, 5.41) is 9.40. The monoisotopic (exact) mass is 689 g/mol. The summed E-state index contributed by atoms with van der Waals surface area (Å²) >= 11 is 1.26. The van der Waals surface area contributed by atoms with Gasteiger partial charge in [-0.15, -0.1) is 0 Å². The molecular formula is C34H51N5O6S2. The Morgan fingerprint density at radius 3 is 2.23 bits per heavy atom. The summed E-state index contributed by atoms with van der Waals surface area (Å²) in [6.07, 6.45) is 4.40. The van der Waals surface area contributed by atoms with Gasteiger partial charge in [0.1, 0.15) is 16.2 Å². The van der Waals surface area contributed by atoms with E-state index in [0.717, 1.165) is 50.9 Å². The molecule has 0 bridgehead atoms. The Balaban J connectivity index is 1.42. The zero-order valence-electron chi connectivity index (χ0n) is 28.7. The first-order valence-electron chi connectivity index (χ1n) is 16.3. The molecule has 0 aliphatic carbocycles. The molecule has 3 aromatic rings. The van der Waals surface area contributed by atoms with Crippen molar-refractivity contribution in [2.75, 3.05) is 30.3 Å². The van der Waals surface area contributed by atoms with Crippen LogP contribution in [0.2, 0.25) is 0 Å². The highest BCUT2D eigenvalue weighted by Crippen LogP contribution is 2.31. The fourth-order valence-electron chi connectivity index (χ4n) is 4.99. The number of hydrogen-bond acceptors (Lipinski definition) is 10. The van der Waals surface area contributed by atoms with Crippen LogP contribution >= 0.6 is 11.3 Å². The summed E-state index contributed by atoms with van der Waals surface area (Å²) in [7, 11) is -4.04. The van der Waals surface area contributed by atoms with E-state index in [0.29, 0.717) is 40.4 Å². The number of carbonyl (C=O) groups is 2. The summed E-state index contributed by atoms with van der Waals surface area (Å²) in [4.78, 5) is 31.0. The summed E-state index contributed by atoms with van der Waals surface area (Å²) in [5.41, 5.74) is 0.965. The number of alkyl carbamates (subject to hydrolysis) is 1. The molecule has 0 unspecified atom stereocenters. The minimum Gasteiger partial charge on any atom is -0.444 e. The Bertz CT molecular complexity index is 1540. The normalized spacial score (nSPS) is 12.1. The average molecular weight is 690 g/mol. The molecule has 260 valence electrons. The Morgan fingerprint density at radius 2 is 1.57 bits per heavy atom. The Morgan fingerprint density at radius 1 is 0.915 bits per heavy atom. The second-order valence-electron chi connectivity index (χ2n) is 13.1. The van der Waals surface area contributed by atoms with Gasteiger partial charge < -0.3 is 24.9 Å². The number of hydrogen-bond donors (Lipinski definition) is 3. The lowest BCUT2D eigenvalue weighted by molar-refractivity contribution is -0.116. The van der Waals surface area contributed by atoms with Crippen molar-refractivity contribution in [2.24, 2.45) is 0 Å². The number of fused-ring (bicyclic) bond motifs is 1. The first-order valence-corrected chi connectivity index (χ1v) is 18.6. The van der Waals surface area contributed by atoms with Gasteiger partial charge in [0.05, 0.1) is 10.2 Å². The number of benzene rings is 2. The first kappa shape index (κ1) is 38.0. The molecular weight excluding hydrogens is 639 g/mol. The van der Waals surface area contributed by atoms with E-state index in [1.165, 1.54) is 23.5 Å². The zero-order chi connectivity index (χ0) is 34.6. The van der Waals surface area contributed by atoms with Crippen molar-refractivity contribution in [3.05, 3.63) is 42.5 Å². The van der Waals surface area contributed by atoms with E-state index in [1.54, 1.807) is 30.3 Å². The standard InChI is InChI=1S/C34H51N5O6S2/c1-24(2)39(25(3)4)22-21-35-26-14-17-28(18-15-26)47(42,43)45-27-16-19-29-30(23-27)46-32(37-29)38-31(40)13-11-9-8-10-12-20-36-33(41)44-34(5,6)7/h14-19,23-25,35H,8-13,20-22H2,1-7H3,(H,36,41)(H,37,38,40). The van der Waals surface area contributed by atoms with Crippen molar-refractivity contribution in [1.29, 1.82) is 0 Å². The molecule has 0 saturated carbocycles. The van der Waals surface area contributed by atoms with E-state index in [2.05, 4.69) is 53.5 Å². The number of aromatic nitrogens is 1. The van der Waals surface area contributed by atoms with Crippen LogP contribution < -0.4 is 20.1 Å². The van der Waals surface area contributed by atoms with Gasteiger partial charge in [-0.05, 0) is 97.7 Å². The number of ether oxygens (including phenoxy) is 1. The van der Waals surface area contributed by atoms with Crippen LogP contribution in [0.3, 0.4) is 0 Å². The van der Waals surface area contributed by atoms with Crippen molar-refractivity contribution in [3.8, 4) is 5.75 Å². The van der Waals surface area contributed by atoms with Crippen molar-refractivity contribution >= 4 is 54.5 Å². The fraction of sp³-hybridized carbons (Fsp3) is 0.559. The highest BCUT2D eigenvalue weighted by molar-refractivity contribution is 7.87. The quantitative estimate of drug-likeness (QED) is 0.0921. The SMILES string of the molecule is CC(C)N(CCNc1ccc(S(=O)(=O)Oc2ccc3nc(NC(=O)CCCCCCCNC(=O)OC(C)(C)C)sc3c2)cc1)C(C)C. The second kappa shape index (κ2) is 17.7. The summed E-state index contributed by atoms with van der Waals surface area (Å²) < 4.78 is 37.3. The number of thiazole rings is 1. The van der Waals surface area contributed by atoms with Crippen molar-refractivity contribution in [2.45, 2.75) is 110 Å². The zero-order valence-corrected chi connectivity index (χ0v) is 30.4. The van der Waals surface area contributed by atoms with E-state index in [1.807, 2.05) is 20.8 Å². The molecule has 11 nitrogen and oxygen atoms in total. The van der Waals surface area contributed by atoms with Crippen LogP contribution in [0.15, 0.2) is 47.4 Å². The molecule has 0 aliphatic heterocycles. The highest BCUT2D eigenvalue weighted by atomic mass is 32.2. The van der Waals surface area contributed by atoms with Gasteiger partial charge in [0.25, 0.3) is 0 Å². The molecule has 3 rings (SSSR count). The molecule has 0 fully saturated rings. The van der Waals surface area contributed by atoms with E-state index < -0.39 is 21.8 Å².